The van der Waals surface area contributed by atoms with Crippen molar-refractivity contribution in [3.63, 3.8) is 0 Å². The molecule has 0 bridgehead atoms. The fraction of sp³-hybridized carbons (Fsp3) is 0.417. The lowest BCUT2D eigenvalue weighted by atomic mass is 10.2. The number of carbonyl (C=O) groups is 1. The predicted octanol–water partition coefficient (Wildman–Crippen LogP) is 3.35. The summed E-state index contributed by atoms with van der Waals surface area (Å²) in [5.74, 6) is -0.608. The Morgan fingerprint density at radius 1 is 1.44 bits per heavy atom. The van der Waals surface area contributed by atoms with Crippen LogP contribution >= 0.6 is 11.6 Å². The highest BCUT2D eigenvalue weighted by molar-refractivity contribution is 6.31. The Kier molecular flexibility index (Phi) is 4.74. The first-order valence-corrected chi connectivity index (χ1v) is 5.72. The van der Waals surface area contributed by atoms with Gasteiger partial charge >= 0.3 is 0 Å². The molecule has 0 radical (unpaired) electrons. The second-order valence-corrected chi connectivity index (χ2v) is 3.92. The van der Waals surface area contributed by atoms with Crippen LogP contribution in [0.15, 0.2) is 18.2 Å². The van der Waals surface area contributed by atoms with Gasteiger partial charge in [0.2, 0.25) is 0 Å². The molecule has 0 aliphatic heterocycles. The fourth-order valence-electron chi connectivity index (χ4n) is 1.48. The van der Waals surface area contributed by atoms with E-state index in [1.807, 2.05) is 13.8 Å². The standard InChI is InChI=1S/C12H15ClFNO/c1-3-7-15(4-2)12(16)9-5-6-11(14)10(13)8-9/h5-6,8H,3-4,7H2,1-2H3. The molecular weight excluding hydrogens is 229 g/mol. The van der Waals surface area contributed by atoms with Gasteiger partial charge in [-0.25, -0.2) is 4.39 Å². The molecule has 0 fully saturated rings. The third-order valence-electron chi connectivity index (χ3n) is 2.33. The third-order valence-corrected chi connectivity index (χ3v) is 2.62. The molecule has 0 aromatic heterocycles. The first-order chi connectivity index (χ1) is 7.60. The van der Waals surface area contributed by atoms with Gasteiger partial charge in [0.15, 0.2) is 0 Å². The Bertz CT molecular complexity index is 381. The maximum Gasteiger partial charge on any atom is 0.253 e. The van der Waals surface area contributed by atoms with Gasteiger partial charge in [-0.1, -0.05) is 18.5 Å². The Morgan fingerprint density at radius 2 is 2.12 bits per heavy atom. The molecule has 4 heteroatoms. The number of amides is 1. The van der Waals surface area contributed by atoms with Crippen molar-refractivity contribution in [3.05, 3.63) is 34.6 Å². The van der Waals surface area contributed by atoms with Crippen molar-refractivity contribution in [2.45, 2.75) is 20.3 Å². The molecule has 0 spiro atoms. The highest BCUT2D eigenvalue weighted by Gasteiger charge is 2.14. The maximum absolute atomic E-state index is 12.9. The van der Waals surface area contributed by atoms with Gasteiger partial charge in [-0.2, -0.15) is 0 Å². The Labute approximate surface area is 100 Å². The molecule has 0 atom stereocenters. The van der Waals surface area contributed by atoms with Gasteiger partial charge in [-0.05, 0) is 31.5 Å². The van der Waals surface area contributed by atoms with Crippen molar-refractivity contribution in [1.82, 2.24) is 4.90 Å². The number of rotatable bonds is 4. The molecule has 88 valence electrons. The van der Waals surface area contributed by atoms with Crippen molar-refractivity contribution >= 4 is 17.5 Å². The molecule has 1 rings (SSSR count). The van der Waals surface area contributed by atoms with Crippen molar-refractivity contribution in [2.75, 3.05) is 13.1 Å². The largest absolute Gasteiger partial charge is 0.339 e. The van der Waals surface area contributed by atoms with E-state index in [0.717, 1.165) is 6.42 Å². The van der Waals surface area contributed by atoms with Crippen LogP contribution in [-0.4, -0.2) is 23.9 Å². The first-order valence-electron chi connectivity index (χ1n) is 5.34. The molecule has 16 heavy (non-hydrogen) atoms. The van der Waals surface area contributed by atoms with Crippen LogP contribution in [0.2, 0.25) is 5.02 Å². The van der Waals surface area contributed by atoms with Gasteiger partial charge in [0.25, 0.3) is 5.91 Å². The van der Waals surface area contributed by atoms with E-state index >= 15 is 0 Å². The molecule has 0 aliphatic rings. The smallest absolute Gasteiger partial charge is 0.253 e. The normalized spacial score (nSPS) is 10.2. The lowest BCUT2D eigenvalue weighted by Gasteiger charge is -2.20. The summed E-state index contributed by atoms with van der Waals surface area (Å²) >= 11 is 5.64. The fourth-order valence-corrected chi connectivity index (χ4v) is 1.67. The number of carbonyl (C=O) groups excluding carboxylic acids is 1. The summed E-state index contributed by atoms with van der Waals surface area (Å²) in [5.41, 5.74) is 0.432. The predicted molar refractivity (Wildman–Crippen MR) is 63.3 cm³/mol. The number of nitrogens with zero attached hydrogens (tertiary/aromatic N) is 1. The van der Waals surface area contributed by atoms with Crippen LogP contribution in [0.1, 0.15) is 30.6 Å². The molecule has 0 N–H and O–H groups in total. The SMILES string of the molecule is CCCN(CC)C(=O)c1ccc(F)c(Cl)c1. The van der Waals surface area contributed by atoms with Crippen LogP contribution < -0.4 is 0 Å². The molecule has 0 aliphatic carbocycles. The van der Waals surface area contributed by atoms with E-state index in [1.165, 1.54) is 18.2 Å². The summed E-state index contributed by atoms with van der Waals surface area (Å²) in [6.45, 7) is 5.26. The van der Waals surface area contributed by atoms with Gasteiger partial charge < -0.3 is 4.90 Å². The molecule has 1 aromatic carbocycles. The van der Waals surface area contributed by atoms with E-state index in [2.05, 4.69) is 0 Å². The minimum absolute atomic E-state index is 0.0154. The summed E-state index contributed by atoms with van der Waals surface area (Å²) in [4.78, 5) is 13.7. The van der Waals surface area contributed by atoms with Gasteiger partial charge in [0.05, 0.1) is 5.02 Å². The number of halogens is 2. The third kappa shape index (κ3) is 2.95. The second kappa shape index (κ2) is 5.85. The molecule has 2 nitrogen and oxygen atoms in total. The van der Waals surface area contributed by atoms with E-state index < -0.39 is 5.82 Å². The molecule has 0 unspecified atom stereocenters. The van der Waals surface area contributed by atoms with E-state index in [9.17, 15) is 9.18 Å². The minimum atomic E-state index is -0.503. The van der Waals surface area contributed by atoms with Crippen LogP contribution in [0.5, 0.6) is 0 Å². The van der Waals surface area contributed by atoms with Crippen LogP contribution in [0.3, 0.4) is 0 Å². The van der Waals surface area contributed by atoms with Crippen molar-refractivity contribution in [1.29, 1.82) is 0 Å². The number of hydrogen-bond donors (Lipinski definition) is 0. The maximum atomic E-state index is 12.9. The molecule has 1 aromatic rings. The quantitative estimate of drug-likeness (QED) is 0.794. The van der Waals surface area contributed by atoms with Crippen LogP contribution in [0.25, 0.3) is 0 Å². The first kappa shape index (κ1) is 13.0. The summed E-state index contributed by atoms with van der Waals surface area (Å²) in [6, 6.07) is 4.05. The zero-order valence-electron chi connectivity index (χ0n) is 9.46. The topological polar surface area (TPSA) is 20.3 Å². The van der Waals surface area contributed by atoms with E-state index in [1.54, 1.807) is 4.90 Å². The van der Waals surface area contributed by atoms with Gasteiger partial charge in [0.1, 0.15) is 5.82 Å². The Morgan fingerprint density at radius 3 is 2.62 bits per heavy atom. The summed E-state index contributed by atoms with van der Waals surface area (Å²) in [5, 5.41) is -0.0154. The minimum Gasteiger partial charge on any atom is -0.339 e. The highest BCUT2D eigenvalue weighted by Crippen LogP contribution is 2.17. The summed E-state index contributed by atoms with van der Waals surface area (Å²) in [7, 11) is 0. The molecule has 1 amide bonds. The molecule has 0 saturated carbocycles. The lowest BCUT2D eigenvalue weighted by molar-refractivity contribution is 0.0764. The number of benzene rings is 1. The lowest BCUT2D eigenvalue weighted by Crippen LogP contribution is -2.31. The zero-order valence-corrected chi connectivity index (χ0v) is 10.2. The van der Waals surface area contributed by atoms with E-state index in [4.69, 9.17) is 11.6 Å². The van der Waals surface area contributed by atoms with Gasteiger partial charge in [-0.15, -0.1) is 0 Å². The Hall–Kier alpha value is -1.09. The van der Waals surface area contributed by atoms with E-state index in [-0.39, 0.29) is 10.9 Å². The van der Waals surface area contributed by atoms with E-state index in [0.29, 0.717) is 18.7 Å². The average Bonchev–Trinajstić information content (AvgIpc) is 2.28. The van der Waals surface area contributed by atoms with Crippen molar-refractivity contribution < 1.29 is 9.18 Å². The monoisotopic (exact) mass is 243 g/mol. The van der Waals surface area contributed by atoms with Crippen LogP contribution in [0.4, 0.5) is 4.39 Å². The second-order valence-electron chi connectivity index (χ2n) is 3.51. The summed E-state index contributed by atoms with van der Waals surface area (Å²) < 4.78 is 12.9. The van der Waals surface area contributed by atoms with Crippen LogP contribution in [-0.2, 0) is 0 Å². The Balaban J connectivity index is 2.90. The van der Waals surface area contributed by atoms with Crippen molar-refractivity contribution in [3.8, 4) is 0 Å². The molecular formula is C12H15ClFNO. The highest BCUT2D eigenvalue weighted by atomic mass is 35.5. The summed E-state index contributed by atoms with van der Waals surface area (Å²) in [6.07, 6.45) is 0.897. The van der Waals surface area contributed by atoms with Gasteiger partial charge in [0, 0.05) is 18.7 Å². The number of hydrogen-bond acceptors (Lipinski definition) is 1. The average molecular weight is 244 g/mol. The van der Waals surface area contributed by atoms with Gasteiger partial charge in [-0.3, -0.25) is 4.79 Å². The zero-order chi connectivity index (χ0) is 12.1. The van der Waals surface area contributed by atoms with Crippen LogP contribution in [0, 0.1) is 5.82 Å². The van der Waals surface area contributed by atoms with Crippen molar-refractivity contribution in [2.24, 2.45) is 0 Å². The molecule has 0 heterocycles. The molecule has 0 saturated heterocycles.